The summed E-state index contributed by atoms with van der Waals surface area (Å²) in [4.78, 5) is 11.7. The molecule has 0 aromatic heterocycles. The number of halogens is 1. The molecule has 0 atom stereocenters. The molecule has 26 heavy (non-hydrogen) atoms. The molecular formula is C16H28ClN3O5S. The summed E-state index contributed by atoms with van der Waals surface area (Å²) in [5.41, 5.74) is 5.19. The molecule has 0 saturated carbocycles. The molecule has 4 N–H and O–H groups in total. The van der Waals surface area contributed by atoms with Gasteiger partial charge in [-0.15, -0.1) is 12.4 Å². The molecule has 150 valence electrons. The monoisotopic (exact) mass is 409 g/mol. The molecule has 0 bridgehead atoms. The number of benzene rings is 1. The smallest absolute Gasteiger partial charge is 0.241 e. The third-order valence-electron chi connectivity index (χ3n) is 2.99. The van der Waals surface area contributed by atoms with E-state index in [-0.39, 0.29) is 30.4 Å². The molecule has 1 aromatic carbocycles. The van der Waals surface area contributed by atoms with Crippen molar-refractivity contribution in [2.45, 2.75) is 38.1 Å². The number of carbonyl (C=O) groups is 1. The van der Waals surface area contributed by atoms with Crippen LogP contribution in [0.25, 0.3) is 0 Å². The molecule has 0 aliphatic rings. The molecule has 0 aliphatic heterocycles. The molecule has 0 spiro atoms. The fraction of sp³-hybridized carbons (Fsp3) is 0.562. The Kier molecular flexibility index (Phi) is 9.93. The molecule has 0 unspecified atom stereocenters. The lowest BCUT2D eigenvalue weighted by Crippen LogP contribution is -2.47. The molecule has 0 radical (unpaired) electrons. The van der Waals surface area contributed by atoms with E-state index in [9.17, 15) is 13.2 Å². The van der Waals surface area contributed by atoms with Gasteiger partial charge >= 0.3 is 0 Å². The predicted octanol–water partition coefficient (Wildman–Crippen LogP) is 1.04. The number of hydrogen-bond donors (Lipinski definition) is 3. The molecule has 1 rings (SSSR count). The first-order valence-corrected chi connectivity index (χ1v) is 9.52. The van der Waals surface area contributed by atoms with Gasteiger partial charge in [0.15, 0.2) is 11.5 Å². The van der Waals surface area contributed by atoms with Gasteiger partial charge in [-0.2, -0.15) is 0 Å². The van der Waals surface area contributed by atoms with Gasteiger partial charge in [0.25, 0.3) is 0 Å². The average Bonchev–Trinajstić information content (AvgIpc) is 2.52. The van der Waals surface area contributed by atoms with Crippen LogP contribution in [0.15, 0.2) is 23.1 Å². The highest BCUT2D eigenvalue weighted by Crippen LogP contribution is 2.30. The van der Waals surface area contributed by atoms with E-state index >= 15 is 0 Å². The Bertz CT molecular complexity index is 690. The van der Waals surface area contributed by atoms with E-state index in [1.54, 1.807) is 20.8 Å². The van der Waals surface area contributed by atoms with E-state index in [1.807, 2.05) is 6.92 Å². The van der Waals surface area contributed by atoms with Gasteiger partial charge in [-0.25, -0.2) is 13.1 Å². The molecule has 0 fully saturated rings. The van der Waals surface area contributed by atoms with Gasteiger partial charge in [0.05, 0.1) is 24.7 Å². The second-order valence-electron chi connectivity index (χ2n) is 6.06. The van der Waals surface area contributed by atoms with E-state index < -0.39 is 21.5 Å². The van der Waals surface area contributed by atoms with Gasteiger partial charge in [-0.1, -0.05) is 0 Å². The summed E-state index contributed by atoms with van der Waals surface area (Å²) in [5.74, 6) is 0.339. The highest BCUT2D eigenvalue weighted by molar-refractivity contribution is 7.89. The van der Waals surface area contributed by atoms with E-state index in [0.717, 1.165) is 0 Å². The summed E-state index contributed by atoms with van der Waals surface area (Å²) in [6, 6.07) is 4.30. The quantitative estimate of drug-likeness (QED) is 0.531. The summed E-state index contributed by atoms with van der Waals surface area (Å²) in [6.45, 7) is 7.79. The SMILES string of the molecule is CCOc1ccc(S(=O)(=O)NCC(=O)NCC(C)(C)N)cc1OCC.Cl. The Labute approximate surface area is 161 Å². The Morgan fingerprint density at radius 1 is 1.15 bits per heavy atom. The molecule has 0 aliphatic carbocycles. The number of amides is 1. The fourth-order valence-corrected chi connectivity index (χ4v) is 2.83. The van der Waals surface area contributed by atoms with Gasteiger partial charge < -0.3 is 20.5 Å². The number of nitrogens with two attached hydrogens (primary N) is 1. The van der Waals surface area contributed by atoms with Crippen LogP contribution in [0.1, 0.15) is 27.7 Å². The van der Waals surface area contributed by atoms with E-state index in [2.05, 4.69) is 10.0 Å². The number of ether oxygens (including phenoxy) is 2. The van der Waals surface area contributed by atoms with Crippen LogP contribution in [0.4, 0.5) is 0 Å². The van der Waals surface area contributed by atoms with Gasteiger partial charge in [0, 0.05) is 18.2 Å². The molecule has 8 nitrogen and oxygen atoms in total. The van der Waals surface area contributed by atoms with Crippen LogP contribution in [0.2, 0.25) is 0 Å². The lowest BCUT2D eigenvalue weighted by Gasteiger charge is -2.19. The van der Waals surface area contributed by atoms with Crippen molar-refractivity contribution in [1.82, 2.24) is 10.0 Å². The van der Waals surface area contributed by atoms with Crippen LogP contribution in [0, 0.1) is 0 Å². The van der Waals surface area contributed by atoms with Crippen LogP contribution in [0.3, 0.4) is 0 Å². The van der Waals surface area contributed by atoms with E-state index in [1.165, 1.54) is 18.2 Å². The summed E-state index contributed by atoms with van der Waals surface area (Å²) in [5, 5.41) is 2.57. The molecule has 0 heterocycles. The van der Waals surface area contributed by atoms with Crippen molar-refractivity contribution >= 4 is 28.3 Å². The van der Waals surface area contributed by atoms with Crippen molar-refractivity contribution in [3.05, 3.63) is 18.2 Å². The summed E-state index contributed by atoms with van der Waals surface area (Å²) < 4.78 is 37.8. The predicted molar refractivity (Wildman–Crippen MR) is 102 cm³/mol. The average molecular weight is 410 g/mol. The Morgan fingerprint density at radius 2 is 1.73 bits per heavy atom. The highest BCUT2D eigenvalue weighted by Gasteiger charge is 2.19. The standard InChI is InChI=1S/C16H27N3O5S.ClH/c1-5-23-13-8-7-12(9-14(13)24-6-2)25(21,22)19-10-15(20)18-11-16(3,4)17;/h7-9,19H,5-6,10-11,17H2,1-4H3,(H,18,20);1H. The minimum atomic E-state index is -3.86. The van der Waals surface area contributed by atoms with Gasteiger partial charge in [-0.05, 0) is 39.8 Å². The second-order valence-corrected chi connectivity index (χ2v) is 7.83. The second kappa shape index (κ2) is 10.6. The van der Waals surface area contributed by atoms with Crippen LogP contribution in [0.5, 0.6) is 11.5 Å². The van der Waals surface area contributed by atoms with Crippen LogP contribution in [-0.2, 0) is 14.8 Å². The number of carbonyl (C=O) groups excluding carboxylic acids is 1. The maximum atomic E-state index is 12.4. The largest absolute Gasteiger partial charge is 0.490 e. The van der Waals surface area contributed by atoms with Crippen molar-refractivity contribution in [3.8, 4) is 11.5 Å². The first kappa shape index (κ1) is 24.5. The zero-order valence-electron chi connectivity index (χ0n) is 15.5. The summed E-state index contributed by atoms with van der Waals surface area (Å²) >= 11 is 0. The van der Waals surface area contributed by atoms with Crippen molar-refractivity contribution in [2.24, 2.45) is 5.73 Å². The number of hydrogen-bond acceptors (Lipinski definition) is 6. The Balaban J connectivity index is 0.00000625. The fourth-order valence-electron chi connectivity index (χ4n) is 1.83. The van der Waals surface area contributed by atoms with Gasteiger partial charge in [0.2, 0.25) is 15.9 Å². The molecule has 10 heteroatoms. The minimum absolute atomic E-state index is 0. The van der Waals surface area contributed by atoms with Gasteiger partial charge in [-0.3, -0.25) is 4.79 Å². The Morgan fingerprint density at radius 3 is 2.27 bits per heavy atom. The summed E-state index contributed by atoms with van der Waals surface area (Å²) in [7, 11) is -3.86. The van der Waals surface area contributed by atoms with Crippen molar-refractivity contribution in [2.75, 3.05) is 26.3 Å². The number of rotatable bonds is 10. The molecular weight excluding hydrogens is 382 g/mol. The molecule has 1 amide bonds. The molecule has 0 saturated heterocycles. The van der Waals surface area contributed by atoms with E-state index in [0.29, 0.717) is 24.7 Å². The lowest BCUT2D eigenvalue weighted by molar-refractivity contribution is -0.120. The minimum Gasteiger partial charge on any atom is -0.490 e. The van der Waals surface area contributed by atoms with Crippen LogP contribution < -0.4 is 25.2 Å². The van der Waals surface area contributed by atoms with Gasteiger partial charge in [0.1, 0.15) is 0 Å². The normalized spacial score (nSPS) is 11.4. The first-order chi connectivity index (χ1) is 11.6. The zero-order valence-corrected chi connectivity index (χ0v) is 17.1. The molecule has 1 aromatic rings. The van der Waals surface area contributed by atoms with E-state index in [4.69, 9.17) is 15.2 Å². The summed E-state index contributed by atoms with van der Waals surface area (Å²) in [6.07, 6.45) is 0. The lowest BCUT2D eigenvalue weighted by atomic mass is 10.1. The third-order valence-corrected chi connectivity index (χ3v) is 4.39. The maximum absolute atomic E-state index is 12.4. The maximum Gasteiger partial charge on any atom is 0.241 e. The topological polar surface area (TPSA) is 120 Å². The van der Waals surface area contributed by atoms with Crippen LogP contribution in [-0.4, -0.2) is 46.2 Å². The first-order valence-electron chi connectivity index (χ1n) is 8.04. The number of nitrogens with one attached hydrogen (secondary N) is 2. The zero-order chi connectivity index (χ0) is 19.1. The third kappa shape index (κ3) is 8.22. The van der Waals surface area contributed by atoms with Crippen molar-refractivity contribution in [1.29, 1.82) is 0 Å². The highest BCUT2D eigenvalue weighted by atomic mass is 35.5. The number of sulfonamides is 1. The Hall–Kier alpha value is -1.55. The van der Waals surface area contributed by atoms with Crippen molar-refractivity contribution in [3.63, 3.8) is 0 Å². The van der Waals surface area contributed by atoms with Crippen molar-refractivity contribution < 1.29 is 22.7 Å². The van der Waals surface area contributed by atoms with Crippen LogP contribution >= 0.6 is 12.4 Å².